The lowest BCUT2D eigenvalue weighted by atomic mass is 9.18. The average Bonchev–Trinajstić information content (AvgIpc) is 2.57. The van der Waals surface area contributed by atoms with Gasteiger partial charge < -0.3 is 0 Å². The fourth-order valence-electron chi connectivity index (χ4n) is 9.20. The summed E-state index contributed by atoms with van der Waals surface area (Å²) in [6.45, 7) is 21.6. The van der Waals surface area contributed by atoms with Crippen molar-refractivity contribution >= 4 is 6.71 Å². The Morgan fingerprint density at radius 2 is 1.23 bits per heavy atom. The van der Waals surface area contributed by atoms with Crippen LogP contribution in [0.1, 0.15) is 93.9 Å². The lowest BCUT2D eigenvalue weighted by Gasteiger charge is -2.67. The van der Waals surface area contributed by atoms with E-state index in [0.717, 1.165) is 59.7 Å². The molecule has 1 heteroatoms. The molecule has 4 bridgehead atoms. The van der Waals surface area contributed by atoms with Gasteiger partial charge in [0.2, 0.25) is 0 Å². The van der Waals surface area contributed by atoms with Crippen molar-refractivity contribution in [3.63, 3.8) is 0 Å². The van der Waals surface area contributed by atoms with Gasteiger partial charge in [-0.1, -0.05) is 98.5 Å². The van der Waals surface area contributed by atoms with Gasteiger partial charge in [0.05, 0.1) is 0 Å². The van der Waals surface area contributed by atoms with Crippen molar-refractivity contribution in [2.45, 2.75) is 111 Å². The molecule has 26 heavy (non-hydrogen) atoms. The summed E-state index contributed by atoms with van der Waals surface area (Å²) in [4.78, 5) is 0. The van der Waals surface area contributed by atoms with E-state index in [9.17, 15) is 0 Å². The summed E-state index contributed by atoms with van der Waals surface area (Å²) in [5.41, 5.74) is 1.27. The third-order valence-electron chi connectivity index (χ3n) is 11.2. The minimum Gasteiger partial charge on any atom is -0.0690 e. The van der Waals surface area contributed by atoms with Gasteiger partial charge in [0.1, 0.15) is 6.71 Å². The van der Waals surface area contributed by atoms with Crippen molar-refractivity contribution in [1.29, 1.82) is 0 Å². The second-order valence-corrected chi connectivity index (χ2v) is 12.6. The Hall–Kier alpha value is 0.0649. The molecule has 0 heterocycles. The number of hydrogen-bond acceptors (Lipinski definition) is 0. The molecule has 0 aliphatic heterocycles. The maximum atomic E-state index is 2.65. The normalized spacial score (nSPS) is 48.9. The summed E-state index contributed by atoms with van der Waals surface area (Å²) in [5.74, 6) is 8.93. The zero-order valence-electron chi connectivity index (χ0n) is 19.0. The van der Waals surface area contributed by atoms with Crippen molar-refractivity contribution in [3.05, 3.63) is 0 Å². The van der Waals surface area contributed by atoms with Crippen LogP contribution >= 0.6 is 0 Å². The van der Waals surface area contributed by atoms with Crippen LogP contribution < -0.4 is 0 Å². The molecule has 148 valence electrons. The predicted octanol–water partition coefficient (Wildman–Crippen LogP) is 7.82. The molecule has 6 aliphatic carbocycles. The molecule has 0 aromatic heterocycles. The van der Waals surface area contributed by atoms with Crippen molar-refractivity contribution < 1.29 is 0 Å². The van der Waals surface area contributed by atoms with Gasteiger partial charge >= 0.3 is 0 Å². The Labute approximate surface area is 164 Å². The van der Waals surface area contributed by atoms with Gasteiger partial charge in [0.25, 0.3) is 0 Å². The second-order valence-electron chi connectivity index (χ2n) is 12.6. The molecule has 6 saturated carbocycles. The first kappa shape index (κ1) is 19.4. The van der Waals surface area contributed by atoms with E-state index < -0.39 is 0 Å². The fraction of sp³-hybridized carbons (Fsp3) is 1.00. The summed E-state index contributed by atoms with van der Waals surface area (Å²) >= 11 is 0. The molecule has 6 rings (SSSR count). The van der Waals surface area contributed by atoms with Gasteiger partial charge in [0.15, 0.2) is 0 Å². The van der Waals surface area contributed by atoms with Crippen molar-refractivity contribution in [2.75, 3.05) is 0 Å². The van der Waals surface area contributed by atoms with Gasteiger partial charge in [-0.15, -0.1) is 0 Å². The van der Waals surface area contributed by atoms with Crippen LogP contribution in [-0.2, 0) is 0 Å². The minimum absolute atomic E-state index is 0.636. The largest absolute Gasteiger partial charge is 0.149 e. The number of rotatable bonds is 5. The molecule has 0 nitrogen and oxygen atoms in total. The van der Waals surface area contributed by atoms with Crippen LogP contribution in [0.3, 0.4) is 0 Å². The highest BCUT2D eigenvalue weighted by Crippen LogP contribution is 2.70. The SMILES string of the molecule is CCC[C@@H](C)B([C@@H]1C[C@@H]2C[C@H]([C@H]1C)C2(C)C)[C@@H]1C[C@@H]2C[C@H]([C@H]1C)C2(C)C. The van der Waals surface area contributed by atoms with E-state index in [1.807, 2.05) is 0 Å². The highest BCUT2D eigenvalue weighted by Gasteiger charge is 2.62. The number of hydrogen-bond donors (Lipinski definition) is 0. The lowest BCUT2D eigenvalue weighted by molar-refractivity contribution is -0.108. The highest BCUT2D eigenvalue weighted by atomic mass is 14.6. The predicted molar refractivity (Wildman–Crippen MR) is 116 cm³/mol. The molecular formula is C25H45B. The maximum absolute atomic E-state index is 2.65. The second kappa shape index (κ2) is 6.28. The molecule has 6 aliphatic rings. The van der Waals surface area contributed by atoms with E-state index >= 15 is 0 Å². The molecule has 9 atom stereocenters. The van der Waals surface area contributed by atoms with E-state index in [2.05, 4.69) is 55.4 Å². The quantitative estimate of drug-likeness (QED) is 0.441. The molecule has 0 spiro atoms. The molecule has 0 unspecified atom stereocenters. The summed E-state index contributed by atoms with van der Waals surface area (Å²) in [6.07, 6.45) is 9.00. The third kappa shape index (κ3) is 2.54. The molecule has 6 fully saturated rings. The van der Waals surface area contributed by atoms with E-state index in [1.54, 1.807) is 12.8 Å². The molecule has 0 saturated heterocycles. The number of fused-ring (bicyclic) bond motifs is 4. The monoisotopic (exact) mass is 356 g/mol. The Bertz CT molecular complexity index is 492. The first-order valence-electron chi connectivity index (χ1n) is 12.1. The van der Waals surface area contributed by atoms with Crippen LogP contribution in [0, 0.1) is 46.3 Å². The molecule has 0 radical (unpaired) electrons. The van der Waals surface area contributed by atoms with Crippen LogP contribution in [-0.4, -0.2) is 6.71 Å². The molecule has 0 aromatic rings. The zero-order chi connectivity index (χ0) is 19.0. The lowest BCUT2D eigenvalue weighted by Crippen LogP contribution is -2.60. The van der Waals surface area contributed by atoms with Crippen molar-refractivity contribution in [3.8, 4) is 0 Å². The fourth-order valence-corrected chi connectivity index (χ4v) is 9.20. The van der Waals surface area contributed by atoms with Gasteiger partial charge in [-0.2, -0.15) is 0 Å². The van der Waals surface area contributed by atoms with Crippen LogP contribution in [0.5, 0.6) is 0 Å². The molecule has 0 amide bonds. The van der Waals surface area contributed by atoms with Crippen LogP contribution in [0.4, 0.5) is 0 Å². The van der Waals surface area contributed by atoms with Crippen LogP contribution in [0.15, 0.2) is 0 Å². The smallest absolute Gasteiger partial charge is 0.0690 e. The standard InChI is InChI=1S/C25H45B/c1-9-10-15(2)26(22-13-18-11-20(16(22)3)24(18,5)6)23-14-19-12-21(17(23)4)25(19,7)8/h15-23H,9-14H2,1-8H3/t15-,16-,17-,18+,19+,20-,21-,22-,23-/m1/s1. The topological polar surface area (TPSA) is 0 Å². The Morgan fingerprint density at radius 3 is 1.54 bits per heavy atom. The van der Waals surface area contributed by atoms with Gasteiger partial charge in [0, 0.05) is 0 Å². The minimum atomic E-state index is 0.636. The summed E-state index contributed by atoms with van der Waals surface area (Å²) in [7, 11) is 0. The van der Waals surface area contributed by atoms with E-state index in [-0.39, 0.29) is 0 Å². The highest BCUT2D eigenvalue weighted by molar-refractivity contribution is 6.64. The van der Waals surface area contributed by atoms with E-state index in [4.69, 9.17) is 0 Å². The third-order valence-corrected chi connectivity index (χ3v) is 11.2. The van der Waals surface area contributed by atoms with Gasteiger partial charge in [-0.25, -0.2) is 0 Å². The van der Waals surface area contributed by atoms with E-state index in [1.165, 1.54) is 25.7 Å². The van der Waals surface area contributed by atoms with Crippen LogP contribution in [0.2, 0.25) is 17.5 Å². The van der Waals surface area contributed by atoms with Gasteiger partial charge in [-0.05, 0) is 59.2 Å². The zero-order valence-corrected chi connectivity index (χ0v) is 19.0. The Morgan fingerprint density at radius 1 is 0.808 bits per heavy atom. The molecule has 0 aromatic carbocycles. The summed E-state index contributed by atoms with van der Waals surface area (Å²) in [5, 5.41) is 0. The van der Waals surface area contributed by atoms with Crippen molar-refractivity contribution in [1.82, 2.24) is 0 Å². The first-order valence-corrected chi connectivity index (χ1v) is 12.1. The first-order chi connectivity index (χ1) is 12.1. The maximum Gasteiger partial charge on any atom is 0.149 e. The average molecular weight is 356 g/mol. The van der Waals surface area contributed by atoms with Crippen molar-refractivity contribution in [2.24, 2.45) is 46.3 Å². The Balaban J connectivity index is 1.59. The Kier molecular flexibility index (Phi) is 4.68. The van der Waals surface area contributed by atoms with Gasteiger partial charge in [-0.3, -0.25) is 0 Å². The summed E-state index contributed by atoms with van der Waals surface area (Å²) < 4.78 is 0. The van der Waals surface area contributed by atoms with E-state index in [0.29, 0.717) is 10.8 Å². The molecular weight excluding hydrogens is 311 g/mol. The van der Waals surface area contributed by atoms with Crippen LogP contribution in [0.25, 0.3) is 0 Å². The summed E-state index contributed by atoms with van der Waals surface area (Å²) in [6, 6.07) is 0. The molecule has 0 N–H and O–H groups in total.